The third kappa shape index (κ3) is 2.32. The molecule has 17 heavy (non-hydrogen) atoms. The molecule has 0 aliphatic heterocycles. The van der Waals surface area contributed by atoms with E-state index in [2.05, 4.69) is 15.2 Å². The molecule has 0 unspecified atom stereocenters. The minimum Gasteiger partial charge on any atom is -0.397 e. The summed E-state index contributed by atoms with van der Waals surface area (Å²) in [5, 5.41) is 8.05. The fourth-order valence-electron chi connectivity index (χ4n) is 1.52. The Kier molecular flexibility index (Phi) is 2.90. The zero-order chi connectivity index (χ0) is 12.4. The van der Waals surface area contributed by atoms with Crippen molar-refractivity contribution < 1.29 is 0 Å². The van der Waals surface area contributed by atoms with Crippen molar-refractivity contribution >= 4 is 5.69 Å². The Morgan fingerprint density at radius 3 is 2.82 bits per heavy atom. The molecule has 0 aliphatic rings. The summed E-state index contributed by atoms with van der Waals surface area (Å²) in [5.41, 5.74) is 5.58. The molecule has 0 radical (unpaired) electrons. The number of nitrogens with two attached hydrogens (primary N) is 1. The lowest BCUT2D eigenvalue weighted by molar-refractivity contribution is 0.482. The summed E-state index contributed by atoms with van der Waals surface area (Å²) < 4.78 is 3.06. The van der Waals surface area contributed by atoms with Gasteiger partial charge in [-0.1, -0.05) is 0 Å². The van der Waals surface area contributed by atoms with E-state index in [1.54, 1.807) is 4.68 Å². The van der Waals surface area contributed by atoms with Crippen molar-refractivity contribution in [2.45, 2.75) is 26.4 Å². The summed E-state index contributed by atoms with van der Waals surface area (Å²) in [4.78, 5) is 15.7. The lowest BCUT2D eigenvalue weighted by atomic mass is 10.4. The highest BCUT2D eigenvalue weighted by Gasteiger charge is 2.09. The topological polar surface area (TPSA) is 91.6 Å². The molecule has 2 aromatic rings. The van der Waals surface area contributed by atoms with E-state index < -0.39 is 0 Å². The van der Waals surface area contributed by atoms with Crippen LogP contribution >= 0.6 is 0 Å². The summed E-state index contributed by atoms with van der Waals surface area (Å²) in [5.74, 6) is 0.694. The number of hydrogen-bond acceptors (Lipinski definition) is 5. The molecule has 2 rings (SSSR count). The van der Waals surface area contributed by atoms with Gasteiger partial charge in [-0.15, -0.1) is 0 Å². The van der Waals surface area contributed by atoms with Crippen LogP contribution in [0.3, 0.4) is 0 Å². The Balaban J connectivity index is 2.32. The first-order valence-corrected chi connectivity index (χ1v) is 5.29. The number of aromatic nitrogens is 5. The second-order valence-corrected chi connectivity index (χ2v) is 4.00. The largest absolute Gasteiger partial charge is 0.397 e. The lowest BCUT2D eigenvalue weighted by Crippen LogP contribution is -2.25. The molecule has 0 saturated heterocycles. The molecule has 2 heterocycles. The van der Waals surface area contributed by atoms with Crippen LogP contribution in [0, 0.1) is 0 Å². The molecular weight excluding hydrogens is 220 g/mol. The molecule has 0 spiro atoms. The first-order chi connectivity index (χ1) is 8.08. The molecule has 0 saturated carbocycles. The van der Waals surface area contributed by atoms with E-state index in [4.69, 9.17) is 5.73 Å². The number of nitrogens with zero attached hydrogens (tertiary/aromatic N) is 5. The van der Waals surface area contributed by atoms with Crippen LogP contribution in [0.15, 0.2) is 23.4 Å². The van der Waals surface area contributed by atoms with E-state index in [0.29, 0.717) is 11.5 Å². The molecule has 0 atom stereocenters. The fourth-order valence-corrected chi connectivity index (χ4v) is 1.52. The first kappa shape index (κ1) is 11.3. The molecule has 2 aromatic heterocycles. The maximum atomic E-state index is 11.6. The Labute approximate surface area is 97.9 Å². The first-order valence-electron chi connectivity index (χ1n) is 5.29. The monoisotopic (exact) mass is 234 g/mol. The zero-order valence-electron chi connectivity index (χ0n) is 9.74. The SMILES string of the molecule is CC(C)n1ncnc1Cn1ncc(N)cc1=O. The van der Waals surface area contributed by atoms with Gasteiger partial charge >= 0.3 is 0 Å². The highest BCUT2D eigenvalue weighted by Crippen LogP contribution is 2.05. The van der Waals surface area contributed by atoms with Crippen LogP contribution in [0.2, 0.25) is 0 Å². The molecule has 0 amide bonds. The second-order valence-electron chi connectivity index (χ2n) is 4.00. The van der Waals surface area contributed by atoms with Gasteiger partial charge in [-0.3, -0.25) is 4.79 Å². The van der Waals surface area contributed by atoms with Crippen LogP contribution < -0.4 is 11.3 Å². The van der Waals surface area contributed by atoms with E-state index in [1.807, 2.05) is 13.8 Å². The van der Waals surface area contributed by atoms with Gasteiger partial charge in [0.05, 0.1) is 11.9 Å². The highest BCUT2D eigenvalue weighted by molar-refractivity contribution is 5.31. The van der Waals surface area contributed by atoms with E-state index in [1.165, 1.54) is 23.3 Å². The molecule has 0 aliphatic carbocycles. The summed E-state index contributed by atoms with van der Waals surface area (Å²) >= 11 is 0. The third-order valence-electron chi connectivity index (χ3n) is 2.32. The van der Waals surface area contributed by atoms with Crippen molar-refractivity contribution in [2.75, 3.05) is 5.73 Å². The van der Waals surface area contributed by atoms with Gasteiger partial charge in [0.1, 0.15) is 18.7 Å². The lowest BCUT2D eigenvalue weighted by Gasteiger charge is -2.09. The zero-order valence-corrected chi connectivity index (χ0v) is 9.74. The maximum absolute atomic E-state index is 11.6. The normalized spacial score (nSPS) is 11.0. The summed E-state index contributed by atoms with van der Waals surface area (Å²) in [6.45, 7) is 4.28. The predicted octanol–water partition coefficient (Wildman–Crippen LogP) is 0.0462. The predicted molar refractivity (Wildman–Crippen MR) is 62.4 cm³/mol. The Hall–Kier alpha value is -2.18. The van der Waals surface area contributed by atoms with Crippen LogP contribution in [0.1, 0.15) is 25.7 Å². The van der Waals surface area contributed by atoms with E-state index in [-0.39, 0.29) is 18.1 Å². The third-order valence-corrected chi connectivity index (χ3v) is 2.32. The van der Waals surface area contributed by atoms with Crippen LogP contribution in [-0.2, 0) is 6.54 Å². The minimum absolute atomic E-state index is 0.192. The van der Waals surface area contributed by atoms with Gasteiger partial charge in [-0.05, 0) is 13.8 Å². The van der Waals surface area contributed by atoms with Crippen LogP contribution in [-0.4, -0.2) is 24.5 Å². The molecule has 0 aromatic carbocycles. The van der Waals surface area contributed by atoms with E-state index in [0.717, 1.165) is 0 Å². The molecule has 0 bridgehead atoms. The number of nitrogen functional groups attached to an aromatic ring is 1. The van der Waals surface area contributed by atoms with Crippen molar-refractivity contribution in [1.29, 1.82) is 0 Å². The molecule has 90 valence electrons. The highest BCUT2D eigenvalue weighted by atomic mass is 16.1. The summed E-state index contributed by atoms with van der Waals surface area (Å²) in [6, 6.07) is 1.53. The van der Waals surface area contributed by atoms with Crippen molar-refractivity contribution in [3.63, 3.8) is 0 Å². The smallest absolute Gasteiger partial charge is 0.269 e. The molecule has 7 nitrogen and oxygen atoms in total. The average Bonchev–Trinajstić information content (AvgIpc) is 2.70. The van der Waals surface area contributed by atoms with Gasteiger partial charge in [0.2, 0.25) is 0 Å². The fraction of sp³-hybridized carbons (Fsp3) is 0.400. The van der Waals surface area contributed by atoms with Crippen LogP contribution in [0.5, 0.6) is 0 Å². The van der Waals surface area contributed by atoms with Gasteiger partial charge in [-0.25, -0.2) is 14.3 Å². The molecule has 0 fully saturated rings. The van der Waals surface area contributed by atoms with E-state index >= 15 is 0 Å². The van der Waals surface area contributed by atoms with Crippen molar-refractivity contribution in [1.82, 2.24) is 24.5 Å². The second kappa shape index (κ2) is 4.36. The van der Waals surface area contributed by atoms with Crippen LogP contribution in [0.4, 0.5) is 5.69 Å². The Morgan fingerprint density at radius 1 is 1.41 bits per heavy atom. The van der Waals surface area contributed by atoms with Gasteiger partial charge in [0, 0.05) is 12.1 Å². The molecule has 7 heteroatoms. The summed E-state index contributed by atoms with van der Waals surface area (Å²) in [7, 11) is 0. The molecule has 2 N–H and O–H groups in total. The Bertz CT molecular complexity index is 570. The van der Waals surface area contributed by atoms with Crippen molar-refractivity contribution in [2.24, 2.45) is 0 Å². The van der Waals surface area contributed by atoms with Crippen molar-refractivity contribution in [3.8, 4) is 0 Å². The standard InChI is InChI=1S/C10H14N6O/c1-7(2)16-9(12-6-14-16)5-15-10(17)3-8(11)4-13-15/h3-4,6-7H,5,11H2,1-2H3. The van der Waals surface area contributed by atoms with Gasteiger partial charge in [0.25, 0.3) is 5.56 Å². The number of anilines is 1. The maximum Gasteiger partial charge on any atom is 0.269 e. The quantitative estimate of drug-likeness (QED) is 0.810. The minimum atomic E-state index is -0.247. The Morgan fingerprint density at radius 2 is 2.18 bits per heavy atom. The van der Waals surface area contributed by atoms with Gasteiger partial charge < -0.3 is 5.73 Å². The summed E-state index contributed by atoms with van der Waals surface area (Å²) in [6.07, 6.45) is 2.91. The van der Waals surface area contributed by atoms with Crippen LogP contribution in [0.25, 0.3) is 0 Å². The average molecular weight is 234 g/mol. The molecular formula is C10H14N6O. The van der Waals surface area contributed by atoms with Gasteiger partial charge in [-0.2, -0.15) is 10.2 Å². The number of rotatable bonds is 3. The van der Waals surface area contributed by atoms with Gasteiger partial charge in [0.15, 0.2) is 0 Å². The van der Waals surface area contributed by atoms with Crippen molar-refractivity contribution in [3.05, 3.63) is 34.8 Å². The number of hydrogen-bond donors (Lipinski definition) is 1. The van der Waals surface area contributed by atoms with E-state index in [9.17, 15) is 4.79 Å².